The third-order valence-electron chi connectivity index (χ3n) is 10.4. The molecule has 0 amide bonds. The molecule has 3 fully saturated rings. The Morgan fingerprint density at radius 2 is 1.52 bits per heavy atom. The molecule has 0 unspecified atom stereocenters. The number of ether oxygens (including phenoxy) is 8. The van der Waals surface area contributed by atoms with Gasteiger partial charge in [0.15, 0.2) is 6.29 Å². The molecule has 0 N–H and O–H groups in total. The van der Waals surface area contributed by atoms with Gasteiger partial charge in [-0.2, -0.15) is 0 Å². The molecule has 8 heteroatoms. The van der Waals surface area contributed by atoms with Crippen LogP contribution < -0.4 is 0 Å². The van der Waals surface area contributed by atoms with Crippen LogP contribution in [-0.2, 0) is 44.5 Å². The van der Waals surface area contributed by atoms with E-state index in [1.807, 2.05) is 42.5 Å². The molecule has 5 aliphatic heterocycles. The second-order valence-electron chi connectivity index (χ2n) is 13.6. The maximum Gasteiger partial charge on any atom is 0.184 e. The van der Waals surface area contributed by atoms with E-state index in [0.29, 0.717) is 32.7 Å². The second-order valence-corrected chi connectivity index (χ2v) is 13.6. The number of benzene rings is 3. The Morgan fingerprint density at radius 3 is 2.38 bits per heavy atom. The van der Waals surface area contributed by atoms with Gasteiger partial charge >= 0.3 is 0 Å². The highest BCUT2D eigenvalue weighted by atomic mass is 16.7. The number of rotatable bonds is 8. The highest BCUT2D eigenvalue weighted by Gasteiger charge is 2.53. The molecule has 0 aliphatic carbocycles. The van der Waals surface area contributed by atoms with Crippen LogP contribution in [0.4, 0.5) is 0 Å². The standard InChI is InChI=1S/C42H46O8/c1-3-31-33(18-12-19-34-38(46-31)26-45-42(50-34)29-14-6-5-7-15-29)47-36-24-37-40(49-32(36)4-2)41(39-35(48-37)17-10-11-22-43-39)44-25-27-20-21-28-13-8-9-16-30(28)23-27/h3-16,19-21,23,31-42H,1-2,17-18,22,24-26H2/b19-12-/t31-,32+,33+,34-,35-,36+,37+,38+,39-,40+,41+,42+/m0/s1. The van der Waals surface area contributed by atoms with Gasteiger partial charge in [-0.25, -0.2) is 0 Å². The van der Waals surface area contributed by atoms with E-state index in [2.05, 4.69) is 79.9 Å². The van der Waals surface area contributed by atoms with Crippen LogP contribution in [0.1, 0.15) is 36.7 Å². The average Bonchev–Trinajstić information content (AvgIpc) is 3.40. The first-order chi connectivity index (χ1) is 24.7. The van der Waals surface area contributed by atoms with Gasteiger partial charge < -0.3 is 37.9 Å². The summed E-state index contributed by atoms with van der Waals surface area (Å²) in [5.41, 5.74) is 2.09. The van der Waals surface area contributed by atoms with Crippen molar-refractivity contribution in [3.05, 3.63) is 134 Å². The van der Waals surface area contributed by atoms with Crippen LogP contribution in [0.3, 0.4) is 0 Å². The monoisotopic (exact) mass is 678 g/mol. The maximum atomic E-state index is 6.87. The van der Waals surface area contributed by atoms with Gasteiger partial charge in [0, 0.05) is 12.0 Å². The van der Waals surface area contributed by atoms with Gasteiger partial charge in [-0.05, 0) is 35.2 Å². The van der Waals surface area contributed by atoms with Crippen molar-refractivity contribution in [3.63, 3.8) is 0 Å². The zero-order chi connectivity index (χ0) is 33.9. The maximum absolute atomic E-state index is 6.87. The van der Waals surface area contributed by atoms with E-state index < -0.39 is 6.29 Å². The molecule has 0 bridgehead atoms. The fourth-order valence-electron chi connectivity index (χ4n) is 7.84. The van der Waals surface area contributed by atoms with Crippen LogP contribution in [0.5, 0.6) is 0 Å². The minimum atomic E-state index is -0.440. The highest BCUT2D eigenvalue weighted by Crippen LogP contribution is 2.39. The Labute approximate surface area is 294 Å². The smallest absolute Gasteiger partial charge is 0.184 e. The van der Waals surface area contributed by atoms with Crippen molar-refractivity contribution in [1.82, 2.24) is 0 Å². The Bertz CT molecular complexity index is 1670. The first kappa shape index (κ1) is 33.7. The molecule has 8 nitrogen and oxygen atoms in total. The topological polar surface area (TPSA) is 73.8 Å². The largest absolute Gasteiger partial charge is 0.369 e. The van der Waals surface area contributed by atoms with Gasteiger partial charge in [-0.1, -0.05) is 103 Å². The molecule has 50 heavy (non-hydrogen) atoms. The van der Waals surface area contributed by atoms with Crippen molar-refractivity contribution in [2.24, 2.45) is 0 Å². The van der Waals surface area contributed by atoms with Crippen molar-refractivity contribution in [3.8, 4) is 0 Å². The Kier molecular flexibility index (Phi) is 10.4. The van der Waals surface area contributed by atoms with Crippen molar-refractivity contribution >= 4 is 10.8 Å². The minimum absolute atomic E-state index is 0.155. The summed E-state index contributed by atoms with van der Waals surface area (Å²) in [4.78, 5) is 0. The molecule has 3 aromatic carbocycles. The van der Waals surface area contributed by atoms with Crippen LogP contribution in [0.2, 0.25) is 0 Å². The van der Waals surface area contributed by atoms with Crippen molar-refractivity contribution in [2.45, 2.75) is 99.3 Å². The van der Waals surface area contributed by atoms with E-state index in [1.54, 1.807) is 0 Å². The summed E-state index contributed by atoms with van der Waals surface area (Å²) in [6.07, 6.45) is 10.3. The summed E-state index contributed by atoms with van der Waals surface area (Å²) in [5.74, 6) is 0. The molecule has 0 saturated carbocycles. The van der Waals surface area contributed by atoms with Crippen molar-refractivity contribution < 1.29 is 37.9 Å². The highest BCUT2D eigenvalue weighted by molar-refractivity contribution is 5.82. The zero-order valence-electron chi connectivity index (χ0n) is 28.2. The zero-order valence-corrected chi connectivity index (χ0v) is 28.2. The Morgan fingerprint density at radius 1 is 0.700 bits per heavy atom. The summed E-state index contributed by atoms with van der Waals surface area (Å²) >= 11 is 0. The van der Waals surface area contributed by atoms with Crippen molar-refractivity contribution in [2.75, 3.05) is 13.2 Å². The molecule has 0 aromatic heterocycles. The summed E-state index contributed by atoms with van der Waals surface area (Å²) in [7, 11) is 0. The minimum Gasteiger partial charge on any atom is -0.369 e. The van der Waals surface area contributed by atoms with Gasteiger partial charge in [0.1, 0.15) is 42.7 Å². The van der Waals surface area contributed by atoms with Crippen LogP contribution in [-0.4, -0.2) is 80.4 Å². The lowest BCUT2D eigenvalue weighted by molar-refractivity contribution is -0.299. The number of hydrogen-bond acceptors (Lipinski definition) is 8. The molecule has 3 saturated heterocycles. The molecular weight excluding hydrogens is 632 g/mol. The van der Waals surface area contributed by atoms with E-state index in [1.165, 1.54) is 10.8 Å². The molecule has 5 heterocycles. The SMILES string of the molecule is C=C[C@@H]1O[C@@H]2CO[C@@H](c3ccccc3)O[C@H]2/C=C\C[C@H]1O[C@@H]1C[C@H]2O[C@H]3CC=CCO[C@@H]3[C@@H](OCc3ccc4ccccc4c3)[C@@H]2O[C@@H]1C=C. The lowest BCUT2D eigenvalue weighted by Crippen LogP contribution is -2.64. The van der Waals surface area contributed by atoms with E-state index in [-0.39, 0.29) is 67.1 Å². The molecule has 5 aliphatic rings. The lowest BCUT2D eigenvalue weighted by Gasteiger charge is -2.51. The average molecular weight is 679 g/mol. The molecule has 3 aromatic rings. The van der Waals surface area contributed by atoms with Gasteiger partial charge in [0.25, 0.3) is 0 Å². The second kappa shape index (κ2) is 15.4. The van der Waals surface area contributed by atoms with E-state index in [0.717, 1.165) is 17.5 Å². The summed E-state index contributed by atoms with van der Waals surface area (Å²) in [6.45, 7) is 9.59. The first-order valence-electron chi connectivity index (χ1n) is 17.9. The Hall–Kier alpha value is -3.44. The fraction of sp³-hybridized carbons (Fsp3) is 0.429. The van der Waals surface area contributed by atoms with Crippen LogP contribution >= 0.6 is 0 Å². The molecular formula is C42H46O8. The van der Waals surface area contributed by atoms with Gasteiger partial charge in [-0.3, -0.25) is 0 Å². The summed E-state index contributed by atoms with van der Waals surface area (Å²) in [6, 6.07) is 24.8. The molecule has 262 valence electrons. The molecule has 0 radical (unpaired) electrons. The number of fused-ring (bicyclic) bond motifs is 4. The quantitative estimate of drug-likeness (QED) is 0.237. The van der Waals surface area contributed by atoms with Crippen molar-refractivity contribution in [1.29, 1.82) is 0 Å². The van der Waals surface area contributed by atoms with E-state index >= 15 is 0 Å². The predicted molar refractivity (Wildman–Crippen MR) is 189 cm³/mol. The van der Waals surface area contributed by atoms with E-state index in [9.17, 15) is 0 Å². The summed E-state index contributed by atoms with van der Waals surface area (Å²) < 4.78 is 52.5. The first-order valence-corrected chi connectivity index (χ1v) is 17.9. The fourth-order valence-corrected chi connectivity index (χ4v) is 7.84. The van der Waals surface area contributed by atoms with Crippen LogP contribution in [0, 0.1) is 0 Å². The van der Waals surface area contributed by atoms with Gasteiger partial charge in [0.05, 0.1) is 44.2 Å². The molecule has 12 atom stereocenters. The van der Waals surface area contributed by atoms with Crippen LogP contribution in [0.15, 0.2) is 122 Å². The molecule has 8 rings (SSSR count). The third-order valence-corrected chi connectivity index (χ3v) is 10.4. The van der Waals surface area contributed by atoms with Gasteiger partial charge in [0.2, 0.25) is 0 Å². The normalized spacial score (nSPS) is 37.6. The third kappa shape index (κ3) is 7.17. The van der Waals surface area contributed by atoms with E-state index in [4.69, 9.17) is 37.9 Å². The number of hydrogen-bond donors (Lipinski definition) is 0. The lowest BCUT2D eigenvalue weighted by atomic mass is 9.86. The predicted octanol–water partition coefficient (Wildman–Crippen LogP) is 6.95. The van der Waals surface area contributed by atoms with Gasteiger partial charge in [-0.15, -0.1) is 13.2 Å². The Balaban J connectivity index is 0.971. The summed E-state index contributed by atoms with van der Waals surface area (Å²) in [5, 5.41) is 2.39. The van der Waals surface area contributed by atoms with Crippen LogP contribution in [0.25, 0.3) is 10.8 Å². The molecule has 0 spiro atoms.